The number of carbonyl (C=O) groups excluding carboxylic acids is 2. The predicted octanol–water partition coefficient (Wildman–Crippen LogP) is 0.274. The van der Waals surface area contributed by atoms with Crippen molar-refractivity contribution in [2.75, 3.05) is 13.1 Å². The quantitative estimate of drug-likeness (QED) is 0.570. The summed E-state index contributed by atoms with van der Waals surface area (Å²) in [6, 6.07) is 0. The monoisotopic (exact) mass is 256 g/mol. The highest BCUT2D eigenvalue weighted by atomic mass is 16.4. The van der Waals surface area contributed by atoms with E-state index in [4.69, 9.17) is 5.11 Å². The van der Waals surface area contributed by atoms with Crippen LogP contribution in [0.1, 0.15) is 39.0 Å². The van der Waals surface area contributed by atoms with E-state index in [1.165, 1.54) is 0 Å². The number of amides is 2. The minimum Gasteiger partial charge on any atom is -0.480 e. The minimum atomic E-state index is -1.25. The summed E-state index contributed by atoms with van der Waals surface area (Å²) in [6.45, 7) is 2.75. The lowest BCUT2D eigenvalue weighted by molar-refractivity contribution is -0.162. The lowest BCUT2D eigenvalue weighted by Gasteiger charge is -2.35. The van der Waals surface area contributed by atoms with Crippen LogP contribution in [0.15, 0.2) is 0 Å². The van der Waals surface area contributed by atoms with Crippen molar-refractivity contribution in [1.82, 2.24) is 10.6 Å². The van der Waals surface area contributed by atoms with E-state index in [9.17, 15) is 14.4 Å². The lowest BCUT2D eigenvalue weighted by atomic mass is 9.68. The van der Waals surface area contributed by atoms with Gasteiger partial charge in [0, 0.05) is 19.5 Å². The van der Waals surface area contributed by atoms with E-state index in [2.05, 4.69) is 10.6 Å². The van der Waals surface area contributed by atoms with E-state index in [0.29, 0.717) is 19.4 Å². The largest absolute Gasteiger partial charge is 0.480 e. The average molecular weight is 256 g/mol. The van der Waals surface area contributed by atoms with Gasteiger partial charge in [0.25, 0.3) is 0 Å². The molecule has 0 heterocycles. The van der Waals surface area contributed by atoms with Crippen molar-refractivity contribution >= 4 is 17.8 Å². The summed E-state index contributed by atoms with van der Waals surface area (Å²) < 4.78 is 0. The molecule has 6 heteroatoms. The molecule has 6 nitrogen and oxygen atoms in total. The van der Waals surface area contributed by atoms with Crippen LogP contribution in [0.3, 0.4) is 0 Å². The van der Waals surface area contributed by atoms with Gasteiger partial charge < -0.3 is 15.7 Å². The Morgan fingerprint density at radius 2 is 1.83 bits per heavy atom. The van der Waals surface area contributed by atoms with Gasteiger partial charge in [-0.25, -0.2) is 0 Å². The van der Waals surface area contributed by atoms with Crippen LogP contribution in [-0.4, -0.2) is 36.0 Å². The summed E-state index contributed by atoms with van der Waals surface area (Å²) >= 11 is 0. The van der Waals surface area contributed by atoms with Gasteiger partial charge in [0.2, 0.25) is 11.8 Å². The van der Waals surface area contributed by atoms with Crippen LogP contribution in [0.4, 0.5) is 0 Å². The van der Waals surface area contributed by atoms with Gasteiger partial charge in [-0.05, 0) is 19.3 Å². The second kappa shape index (κ2) is 6.37. The SMILES string of the molecule is CCCNC(=O)CCNC(=O)C1(C(=O)O)CCC1. The smallest absolute Gasteiger partial charge is 0.319 e. The molecule has 2 amide bonds. The summed E-state index contributed by atoms with van der Waals surface area (Å²) in [6.07, 6.45) is 2.57. The van der Waals surface area contributed by atoms with E-state index >= 15 is 0 Å². The molecule has 102 valence electrons. The number of rotatable bonds is 7. The van der Waals surface area contributed by atoms with Gasteiger partial charge in [0.05, 0.1) is 0 Å². The Morgan fingerprint density at radius 3 is 2.28 bits per heavy atom. The third-order valence-electron chi connectivity index (χ3n) is 3.26. The molecule has 0 saturated heterocycles. The molecule has 0 radical (unpaired) electrons. The Morgan fingerprint density at radius 1 is 1.17 bits per heavy atom. The van der Waals surface area contributed by atoms with Crippen molar-refractivity contribution in [3.63, 3.8) is 0 Å². The van der Waals surface area contributed by atoms with Crippen molar-refractivity contribution in [2.45, 2.75) is 39.0 Å². The number of aliphatic carboxylic acids is 1. The first-order valence-corrected chi connectivity index (χ1v) is 6.31. The zero-order valence-corrected chi connectivity index (χ0v) is 10.6. The van der Waals surface area contributed by atoms with Crippen LogP contribution in [-0.2, 0) is 14.4 Å². The van der Waals surface area contributed by atoms with Gasteiger partial charge in [-0.3, -0.25) is 14.4 Å². The standard InChI is InChI=1S/C12H20N2O4/c1-2-7-13-9(15)4-8-14-10(16)12(11(17)18)5-3-6-12/h2-8H2,1H3,(H,13,15)(H,14,16)(H,17,18). The predicted molar refractivity (Wildman–Crippen MR) is 64.8 cm³/mol. The van der Waals surface area contributed by atoms with Gasteiger partial charge in [-0.1, -0.05) is 13.3 Å². The first-order valence-electron chi connectivity index (χ1n) is 6.31. The molecule has 1 rings (SSSR count). The van der Waals surface area contributed by atoms with Crippen LogP contribution in [0.2, 0.25) is 0 Å². The Hall–Kier alpha value is -1.59. The molecular formula is C12H20N2O4. The Kier molecular flexibility index (Phi) is 5.12. The molecule has 0 aromatic carbocycles. The van der Waals surface area contributed by atoms with Crippen molar-refractivity contribution < 1.29 is 19.5 Å². The number of carboxylic acid groups (broad SMARTS) is 1. The van der Waals surface area contributed by atoms with Crippen LogP contribution in [0.5, 0.6) is 0 Å². The fourth-order valence-corrected chi connectivity index (χ4v) is 1.88. The average Bonchev–Trinajstić information content (AvgIpc) is 2.24. The molecule has 0 aromatic rings. The van der Waals surface area contributed by atoms with E-state index in [-0.39, 0.29) is 18.9 Å². The third-order valence-corrected chi connectivity index (χ3v) is 3.26. The summed E-state index contributed by atoms with van der Waals surface area (Å²) in [4.78, 5) is 34.1. The molecule has 1 aliphatic carbocycles. The van der Waals surface area contributed by atoms with Gasteiger partial charge in [0.15, 0.2) is 0 Å². The maximum atomic E-state index is 11.8. The number of carboxylic acids is 1. The number of nitrogens with one attached hydrogen (secondary N) is 2. The molecule has 1 saturated carbocycles. The second-order valence-electron chi connectivity index (χ2n) is 4.60. The first-order chi connectivity index (χ1) is 8.53. The Labute approximate surface area is 106 Å². The second-order valence-corrected chi connectivity index (χ2v) is 4.60. The van der Waals surface area contributed by atoms with Crippen LogP contribution in [0, 0.1) is 5.41 Å². The molecule has 1 fully saturated rings. The normalized spacial score (nSPS) is 16.5. The molecule has 0 unspecified atom stereocenters. The van der Waals surface area contributed by atoms with E-state index < -0.39 is 17.3 Å². The topological polar surface area (TPSA) is 95.5 Å². The maximum Gasteiger partial charge on any atom is 0.319 e. The fourth-order valence-electron chi connectivity index (χ4n) is 1.88. The van der Waals surface area contributed by atoms with Crippen LogP contribution >= 0.6 is 0 Å². The summed E-state index contributed by atoms with van der Waals surface area (Å²) in [5, 5.41) is 14.3. The first kappa shape index (κ1) is 14.5. The highest BCUT2D eigenvalue weighted by Crippen LogP contribution is 2.41. The van der Waals surface area contributed by atoms with E-state index in [1.54, 1.807) is 0 Å². The summed E-state index contributed by atoms with van der Waals surface area (Å²) in [5.74, 6) is -1.67. The van der Waals surface area contributed by atoms with Gasteiger partial charge >= 0.3 is 5.97 Å². The summed E-state index contributed by atoms with van der Waals surface area (Å²) in [7, 11) is 0. The van der Waals surface area contributed by atoms with Crippen molar-refractivity contribution in [3.05, 3.63) is 0 Å². The molecule has 3 N–H and O–H groups in total. The van der Waals surface area contributed by atoms with Crippen LogP contribution in [0.25, 0.3) is 0 Å². The number of hydrogen-bond donors (Lipinski definition) is 3. The van der Waals surface area contributed by atoms with Gasteiger partial charge in [-0.2, -0.15) is 0 Å². The number of hydrogen-bond acceptors (Lipinski definition) is 3. The Balaban J connectivity index is 2.29. The summed E-state index contributed by atoms with van der Waals surface area (Å²) in [5.41, 5.74) is -1.25. The lowest BCUT2D eigenvalue weighted by Crippen LogP contribution is -2.51. The fraction of sp³-hybridized carbons (Fsp3) is 0.750. The maximum absolute atomic E-state index is 11.8. The van der Waals surface area contributed by atoms with Crippen molar-refractivity contribution in [3.8, 4) is 0 Å². The molecule has 0 aliphatic heterocycles. The van der Waals surface area contributed by atoms with E-state index in [1.807, 2.05) is 6.92 Å². The highest BCUT2D eigenvalue weighted by Gasteiger charge is 2.50. The zero-order chi connectivity index (χ0) is 13.6. The third kappa shape index (κ3) is 3.21. The minimum absolute atomic E-state index is 0.130. The van der Waals surface area contributed by atoms with Gasteiger partial charge in [-0.15, -0.1) is 0 Å². The molecule has 0 spiro atoms. The molecule has 18 heavy (non-hydrogen) atoms. The Bertz CT molecular complexity index is 337. The molecule has 0 aromatic heterocycles. The van der Waals surface area contributed by atoms with Crippen LogP contribution < -0.4 is 10.6 Å². The number of carbonyl (C=O) groups is 3. The highest BCUT2D eigenvalue weighted by molar-refractivity contribution is 6.02. The van der Waals surface area contributed by atoms with E-state index in [0.717, 1.165) is 12.8 Å². The van der Waals surface area contributed by atoms with Crippen molar-refractivity contribution in [1.29, 1.82) is 0 Å². The molecule has 1 aliphatic rings. The van der Waals surface area contributed by atoms with Gasteiger partial charge in [0.1, 0.15) is 5.41 Å². The molecule has 0 bridgehead atoms. The molecular weight excluding hydrogens is 236 g/mol. The zero-order valence-electron chi connectivity index (χ0n) is 10.6. The molecule has 0 atom stereocenters. The van der Waals surface area contributed by atoms with Crippen molar-refractivity contribution in [2.24, 2.45) is 5.41 Å².